The topological polar surface area (TPSA) is 80.2 Å². The molecule has 33 heavy (non-hydrogen) atoms. The number of nitrogens with one attached hydrogen (secondary N) is 1. The van der Waals surface area contributed by atoms with Crippen molar-refractivity contribution in [3.05, 3.63) is 59.8 Å². The van der Waals surface area contributed by atoms with Crippen molar-refractivity contribution in [1.82, 2.24) is 5.32 Å². The molecule has 3 rings (SSSR count). The van der Waals surface area contributed by atoms with Crippen LogP contribution in [0.5, 0.6) is 11.5 Å². The minimum absolute atomic E-state index is 0.0953. The second kappa shape index (κ2) is 11.0. The van der Waals surface area contributed by atoms with E-state index in [4.69, 9.17) is 9.47 Å². The summed E-state index contributed by atoms with van der Waals surface area (Å²) < 4.78 is 10.5. The Hall–Kier alpha value is -3.26. The number of thioether (sulfide) groups is 1. The van der Waals surface area contributed by atoms with Gasteiger partial charge in [0, 0.05) is 12.6 Å². The lowest BCUT2D eigenvalue weighted by molar-refractivity contribution is -0.120. The third kappa shape index (κ3) is 6.16. The number of ether oxygens (including phenoxy) is 2. The number of hydrogen-bond acceptors (Lipinski definition) is 6. The van der Waals surface area contributed by atoms with Gasteiger partial charge in [0.05, 0.1) is 25.2 Å². The summed E-state index contributed by atoms with van der Waals surface area (Å²) >= 11 is 1.25. The average molecular weight is 468 g/mol. The molecule has 0 spiro atoms. The molecule has 0 saturated heterocycles. The number of carbonyl (C=O) groups is 2. The largest absolute Gasteiger partial charge is 0.497 e. The highest BCUT2D eigenvalue weighted by Gasteiger charge is 2.34. The first-order valence-corrected chi connectivity index (χ1v) is 11.6. The van der Waals surface area contributed by atoms with Gasteiger partial charge in [0.1, 0.15) is 17.2 Å². The molecular formula is C25H29N3O4S. The van der Waals surface area contributed by atoms with Gasteiger partial charge in [-0.3, -0.25) is 14.5 Å². The maximum atomic E-state index is 13.4. The molecule has 2 aromatic rings. The van der Waals surface area contributed by atoms with Crippen LogP contribution in [0, 0.1) is 5.92 Å². The summed E-state index contributed by atoms with van der Waals surface area (Å²) in [6.45, 7) is 6.48. The van der Waals surface area contributed by atoms with E-state index in [2.05, 4.69) is 10.3 Å². The number of anilines is 1. The van der Waals surface area contributed by atoms with Crippen LogP contribution in [-0.4, -0.2) is 43.0 Å². The number of hydrogen-bond donors (Lipinski definition) is 1. The maximum Gasteiger partial charge on any atom is 0.283 e. The number of benzene rings is 2. The Morgan fingerprint density at radius 2 is 1.79 bits per heavy atom. The van der Waals surface area contributed by atoms with Crippen molar-refractivity contribution in [3.63, 3.8) is 0 Å². The summed E-state index contributed by atoms with van der Waals surface area (Å²) in [4.78, 5) is 32.1. The molecule has 1 heterocycles. The van der Waals surface area contributed by atoms with Crippen LogP contribution in [0.3, 0.4) is 0 Å². The second-order valence-corrected chi connectivity index (χ2v) is 9.25. The first-order chi connectivity index (χ1) is 15.8. The van der Waals surface area contributed by atoms with Crippen LogP contribution in [0.25, 0.3) is 6.08 Å². The number of methoxy groups -OCH3 is 2. The van der Waals surface area contributed by atoms with Gasteiger partial charge in [-0.15, -0.1) is 0 Å². The highest BCUT2D eigenvalue weighted by Crippen LogP contribution is 2.33. The standard InChI is InChI=1S/C25H29N3O4S/c1-16(2)15-26-23(29)17(3)33-25-27-22(13-18-9-11-20(31-4)12-10-18)24(30)28(25)19-7-6-8-21(14-19)32-5/h6-14,16-17H,15H2,1-5H3,(H,26,29)/b22-13-. The fourth-order valence-electron chi connectivity index (χ4n) is 3.07. The van der Waals surface area contributed by atoms with E-state index >= 15 is 0 Å². The molecule has 174 valence electrons. The van der Waals surface area contributed by atoms with Gasteiger partial charge in [-0.05, 0) is 48.7 Å². The number of nitrogens with zero attached hydrogens (tertiary/aromatic N) is 2. The Morgan fingerprint density at radius 1 is 1.09 bits per heavy atom. The van der Waals surface area contributed by atoms with Gasteiger partial charge in [0.15, 0.2) is 5.17 Å². The second-order valence-electron chi connectivity index (χ2n) is 7.94. The molecule has 7 nitrogen and oxygen atoms in total. The molecule has 0 radical (unpaired) electrons. The van der Waals surface area contributed by atoms with Gasteiger partial charge in [-0.2, -0.15) is 0 Å². The summed E-state index contributed by atoms with van der Waals surface area (Å²) in [5.41, 5.74) is 1.74. The number of carbonyl (C=O) groups excluding carboxylic acids is 2. The van der Waals surface area contributed by atoms with E-state index < -0.39 is 5.25 Å². The van der Waals surface area contributed by atoms with Gasteiger partial charge in [-0.1, -0.05) is 43.8 Å². The third-order valence-corrected chi connectivity index (χ3v) is 5.95. The van der Waals surface area contributed by atoms with Crippen LogP contribution in [0.4, 0.5) is 5.69 Å². The Balaban J connectivity index is 1.92. The van der Waals surface area contributed by atoms with Crippen LogP contribution in [0.15, 0.2) is 59.2 Å². The molecule has 1 aliphatic heterocycles. The van der Waals surface area contributed by atoms with Gasteiger partial charge in [-0.25, -0.2) is 4.99 Å². The summed E-state index contributed by atoms with van der Waals surface area (Å²) in [5.74, 6) is 1.34. The van der Waals surface area contributed by atoms with E-state index in [-0.39, 0.29) is 11.8 Å². The van der Waals surface area contributed by atoms with Crippen molar-refractivity contribution in [3.8, 4) is 11.5 Å². The predicted octanol–water partition coefficient (Wildman–Crippen LogP) is 4.34. The molecule has 2 amide bonds. The van der Waals surface area contributed by atoms with Crippen molar-refractivity contribution in [2.75, 3.05) is 25.7 Å². The van der Waals surface area contributed by atoms with E-state index in [0.29, 0.717) is 34.8 Å². The fraction of sp³-hybridized carbons (Fsp3) is 0.320. The molecule has 0 aromatic heterocycles. The number of amides is 2. The summed E-state index contributed by atoms with van der Waals surface area (Å²) in [6, 6.07) is 14.6. The third-order valence-electron chi connectivity index (χ3n) is 4.90. The summed E-state index contributed by atoms with van der Waals surface area (Å²) in [5, 5.41) is 2.95. The Labute approximate surface area is 198 Å². The average Bonchev–Trinajstić information content (AvgIpc) is 3.12. The van der Waals surface area contributed by atoms with Gasteiger partial charge in [0.25, 0.3) is 5.91 Å². The molecule has 0 bridgehead atoms. The predicted molar refractivity (Wildman–Crippen MR) is 134 cm³/mol. The zero-order valence-electron chi connectivity index (χ0n) is 19.5. The molecule has 8 heteroatoms. The lowest BCUT2D eigenvalue weighted by Crippen LogP contribution is -2.37. The monoisotopic (exact) mass is 467 g/mol. The van der Waals surface area contributed by atoms with Gasteiger partial charge in [0.2, 0.25) is 5.91 Å². The van der Waals surface area contributed by atoms with E-state index in [1.54, 1.807) is 26.4 Å². The smallest absolute Gasteiger partial charge is 0.283 e. The Morgan fingerprint density at radius 3 is 2.42 bits per heavy atom. The molecular weight excluding hydrogens is 438 g/mol. The normalized spacial score (nSPS) is 15.6. The van der Waals surface area contributed by atoms with E-state index in [9.17, 15) is 9.59 Å². The molecule has 0 aliphatic carbocycles. The van der Waals surface area contributed by atoms with Crippen molar-refractivity contribution in [1.29, 1.82) is 0 Å². The van der Waals surface area contributed by atoms with Crippen molar-refractivity contribution in [2.24, 2.45) is 10.9 Å². The minimum Gasteiger partial charge on any atom is -0.497 e. The molecule has 1 aliphatic rings. The SMILES string of the molecule is COc1ccc(/C=C2\N=C(SC(C)C(=O)NCC(C)C)N(c3cccc(OC)c3)C2=O)cc1. The minimum atomic E-state index is -0.427. The highest BCUT2D eigenvalue weighted by atomic mass is 32.2. The van der Waals surface area contributed by atoms with Gasteiger partial charge < -0.3 is 14.8 Å². The Kier molecular flexibility index (Phi) is 8.16. The van der Waals surface area contributed by atoms with E-state index in [0.717, 1.165) is 11.3 Å². The quantitative estimate of drug-likeness (QED) is 0.584. The zero-order valence-corrected chi connectivity index (χ0v) is 20.3. The summed E-state index contributed by atoms with van der Waals surface area (Å²) in [6.07, 6.45) is 1.73. The number of rotatable bonds is 8. The Bertz CT molecular complexity index is 1060. The molecule has 1 N–H and O–H groups in total. The lowest BCUT2D eigenvalue weighted by Gasteiger charge is -2.20. The first kappa shape index (κ1) is 24.4. The molecule has 2 aromatic carbocycles. The van der Waals surface area contributed by atoms with Crippen molar-refractivity contribution < 1.29 is 19.1 Å². The molecule has 1 atom stereocenters. The van der Waals surface area contributed by atoms with E-state index in [1.165, 1.54) is 16.7 Å². The maximum absolute atomic E-state index is 13.4. The van der Waals surface area contributed by atoms with Crippen LogP contribution in [0.1, 0.15) is 26.3 Å². The van der Waals surface area contributed by atoms with Crippen LogP contribution in [-0.2, 0) is 9.59 Å². The van der Waals surface area contributed by atoms with Crippen molar-refractivity contribution >= 4 is 40.5 Å². The highest BCUT2D eigenvalue weighted by molar-refractivity contribution is 8.15. The fourth-order valence-corrected chi connectivity index (χ4v) is 4.02. The number of aliphatic imine (C=N–C) groups is 1. The summed E-state index contributed by atoms with van der Waals surface area (Å²) in [7, 11) is 3.18. The van der Waals surface area contributed by atoms with Crippen LogP contribution < -0.4 is 19.7 Å². The van der Waals surface area contributed by atoms with Crippen molar-refractivity contribution in [2.45, 2.75) is 26.0 Å². The molecule has 0 saturated carbocycles. The van der Waals surface area contributed by atoms with Crippen LogP contribution >= 0.6 is 11.8 Å². The van der Waals surface area contributed by atoms with E-state index in [1.807, 2.05) is 63.2 Å². The first-order valence-electron chi connectivity index (χ1n) is 10.7. The van der Waals surface area contributed by atoms with Gasteiger partial charge >= 0.3 is 0 Å². The number of amidine groups is 1. The zero-order chi connectivity index (χ0) is 24.0. The molecule has 1 unspecified atom stereocenters. The lowest BCUT2D eigenvalue weighted by atomic mass is 10.2. The van der Waals surface area contributed by atoms with Crippen LogP contribution in [0.2, 0.25) is 0 Å². The molecule has 0 fully saturated rings.